The molecule has 4 atom stereocenters. The molecule has 0 spiro atoms. The first-order valence-corrected chi connectivity index (χ1v) is 12.1. The minimum atomic E-state index is -0.863. The lowest BCUT2D eigenvalue weighted by Crippen LogP contribution is -2.49. The van der Waals surface area contributed by atoms with Gasteiger partial charge < -0.3 is 19.5 Å². The number of hydrogen-bond acceptors (Lipinski definition) is 9. The zero-order valence-corrected chi connectivity index (χ0v) is 19.5. The summed E-state index contributed by atoms with van der Waals surface area (Å²) >= 11 is 0. The van der Waals surface area contributed by atoms with E-state index in [-0.39, 0.29) is 23.5 Å². The molecule has 2 aliphatic carbocycles. The fraction of sp³-hybridized carbons (Fsp3) is 0.480. The quantitative estimate of drug-likeness (QED) is 0.599. The van der Waals surface area contributed by atoms with Crippen molar-refractivity contribution in [2.75, 3.05) is 25.2 Å². The van der Waals surface area contributed by atoms with E-state index in [0.29, 0.717) is 53.5 Å². The van der Waals surface area contributed by atoms with E-state index in [1.807, 2.05) is 11.9 Å². The van der Waals surface area contributed by atoms with E-state index in [4.69, 9.17) is 9.47 Å². The maximum atomic E-state index is 15.2. The van der Waals surface area contributed by atoms with Gasteiger partial charge in [0.25, 0.3) is 11.8 Å². The van der Waals surface area contributed by atoms with Crippen LogP contribution in [0.15, 0.2) is 30.6 Å². The number of hydrogen-bond donors (Lipinski definition) is 1. The Morgan fingerprint density at radius 3 is 2.69 bits per heavy atom. The molecular weight excluding hydrogens is 451 g/mol. The standard InChI is InChI=1S/C25H27FN6O3/c1-32(19-10-14-3-2-4-16(9-14)22(19)26)21-13-27-23(31-30-21)17-6-5-15(11-20(17)33)18-12-28-24-25(29-18)35-8-7-34-24/h5-6,11-14,16,19,22,33H,2-4,7-10H2,1H3/t14-,16+,19+,22-/m1/s1. The Kier molecular flexibility index (Phi) is 5.58. The SMILES string of the molecule is CN(c1cnc(-c2ccc(-c3cnc4c(n3)OCCO4)cc2O)nn1)[C@H]1C[C@@H]2CCC[C@@H](C2)[C@H]1F. The van der Waals surface area contributed by atoms with Crippen molar-refractivity contribution in [1.29, 1.82) is 0 Å². The van der Waals surface area contributed by atoms with E-state index in [2.05, 4.69) is 25.1 Å². The molecule has 0 radical (unpaired) electrons. The summed E-state index contributed by atoms with van der Waals surface area (Å²) in [6.45, 7) is 0.855. The molecule has 1 aliphatic heterocycles. The normalized spacial score (nSPS) is 25.2. The van der Waals surface area contributed by atoms with Crippen molar-refractivity contribution in [1.82, 2.24) is 25.1 Å². The van der Waals surface area contributed by atoms with Crippen LogP contribution in [0.25, 0.3) is 22.6 Å². The van der Waals surface area contributed by atoms with Crippen molar-refractivity contribution in [3.05, 3.63) is 30.6 Å². The molecule has 2 fully saturated rings. The highest BCUT2D eigenvalue weighted by Crippen LogP contribution is 2.43. The summed E-state index contributed by atoms with van der Waals surface area (Å²) in [5.41, 5.74) is 1.65. The highest BCUT2D eigenvalue weighted by molar-refractivity contribution is 5.71. The van der Waals surface area contributed by atoms with E-state index in [9.17, 15) is 5.11 Å². The fourth-order valence-corrected chi connectivity index (χ4v) is 5.57. The molecule has 182 valence electrons. The van der Waals surface area contributed by atoms with E-state index in [1.165, 1.54) is 6.42 Å². The van der Waals surface area contributed by atoms with Crippen molar-refractivity contribution in [2.24, 2.45) is 11.8 Å². The minimum Gasteiger partial charge on any atom is -0.507 e. The predicted molar refractivity (Wildman–Crippen MR) is 126 cm³/mol. The van der Waals surface area contributed by atoms with Gasteiger partial charge >= 0.3 is 0 Å². The summed E-state index contributed by atoms with van der Waals surface area (Å²) in [5, 5.41) is 19.2. The van der Waals surface area contributed by atoms with Gasteiger partial charge in [-0.2, -0.15) is 0 Å². The van der Waals surface area contributed by atoms with Crippen LogP contribution in [0.2, 0.25) is 0 Å². The number of benzene rings is 1. The number of phenols is 1. The molecule has 35 heavy (non-hydrogen) atoms. The number of nitrogens with zero attached hydrogens (tertiary/aromatic N) is 6. The summed E-state index contributed by atoms with van der Waals surface area (Å²) in [6, 6.07) is 4.88. The molecule has 3 heterocycles. The average Bonchev–Trinajstić information content (AvgIpc) is 2.90. The molecule has 2 bridgehead atoms. The lowest BCUT2D eigenvalue weighted by Gasteiger charge is -2.45. The minimum absolute atomic E-state index is 0.00831. The molecule has 0 unspecified atom stereocenters. The maximum absolute atomic E-state index is 15.2. The Balaban J connectivity index is 1.21. The summed E-state index contributed by atoms with van der Waals surface area (Å²) < 4.78 is 26.1. The Hall–Kier alpha value is -3.56. The Labute approximate surface area is 202 Å². The van der Waals surface area contributed by atoms with Crippen LogP contribution in [0.3, 0.4) is 0 Å². The molecule has 10 heteroatoms. The number of aromatic nitrogens is 5. The first kappa shape index (κ1) is 21.9. The predicted octanol–water partition coefficient (Wildman–Crippen LogP) is 3.83. The highest BCUT2D eigenvalue weighted by Gasteiger charge is 2.42. The van der Waals surface area contributed by atoms with Crippen LogP contribution in [0.4, 0.5) is 10.2 Å². The third-order valence-electron chi connectivity index (χ3n) is 7.43. The van der Waals surface area contributed by atoms with Gasteiger partial charge in [0, 0.05) is 12.6 Å². The summed E-state index contributed by atoms with van der Waals surface area (Å²) in [5.74, 6) is 2.24. The van der Waals surface area contributed by atoms with E-state index in [0.717, 1.165) is 25.7 Å². The lowest BCUT2D eigenvalue weighted by atomic mass is 9.69. The van der Waals surface area contributed by atoms with Crippen molar-refractivity contribution >= 4 is 5.82 Å². The van der Waals surface area contributed by atoms with Crippen LogP contribution in [0, 0.1) is 11.8 Å². The van der Waals surface area contributed by atoms with Gasteiger partial charge in [-0.15, -0.1) is 10.2 Å². The number of aromatic hydroxyl groups is 1. The second kappa shape index (κ2) is 8.90. The summed E-state index contributed by atoms with van der Waals surface area (Å²) in [7, 11) is 1.87. The van der Waals surface area contributed by atoms with Crippen LogP contribution in [-0.2, 0) is 0 Å². The topological polar surface area (TPSA) is 106 Å². The Morgan fingerprint density at radius 1 is 1.03 bits per heavy atom. The molecule has 0 saturated heterocycles. The third kappa shape index (κ3) is 4.11. The molecule has 0 amide bonds. The van der Waals surface area contributed by atoms with Gasteiger partial charge in [0.15, 0.2) is 11.6 Å². The summed E-state index contributed by atoms with van der Waals surface area (Å²) in [6.07, 6.45) is 7.43. The monoisotopic (exact) mass is 478 g/mol. The second-order valence-corrected chi connectivity index (χ2v) is 9.59. The first-order chi connectivity index (χ1) is 17.1. The smallest absolute Gasteiger partial charge is 0.278 e. The van der Waals surface area contributed by atoms with Crippen LogP contribution in [0.1, 0.15) is 32.1 Å². The number of ether oxygens (including phenoxy) is 2. The second-order valence-electron chi connectivity index (χ2n) is 9.59. The highest BCUT2D eigenvalue weighted by atomic mass is 19.1. The molecule has 1 aromatic carbocycles. The van der Waals surface area contributed by atoms with Gasteiger partial charge in [-0.3, -0.25) is 0 Å². The molecule has 1 N–H and O–H groups in total. The molecule has 2 aromatic heterocycles. The lowest BCUT2D eigenvalue weighted by molar-refractivity contribution is 0.0656. The third-order valence-corrected chi connectivity index (χ3v) is 7.43. The molecule has 3 aromatic rings. The van der Waals surface area contributed by atoms with E-state index >= 15 is 4.39 Å². The summed E-state index contributed by atoms with van der Waals surface area (Å²) in [4.78, 5) is 15.0. The van der Waals surface area contributed by atoms with Crippen molar-refractivity contribution in [3.63, 3.8) is 0 Å². The zero-order valence-electron chi connectivity index (χ0n) is 19.5. The van der Waals surface area contributed by atoms with Crippen LogP contribution in [-0.4, -0.2) is 62.7 Å². The van der Waals surface area contributed by atoms with Gasteiger partial charge in [0.1, 0.15) is 25.1 Å². The van der Waals surface area contributed by atoms with Gasteiger partial charge in [0.05, 0.1) is 29.7 Å². The first-order valence-electron chi connectivity index (χ1n) is 12.1. The van der Waals surface area contributed by atoms with Crippen LogP contribution in [0.5, 0.6) is 17.5 Å². The molecule has 9 nitrogen and oxygen atoms in total. The molecule has 6 rings (SSSR count). The number of rotatable bonds is 4. The van der Waals surface area contributed by atoms with Gasteiger partial charge in [-0.25, -0.2) is 19.3 Å². The average molecular weight is 479 g/mol. The number of anilines is 1. The van der Waals surface area contributed by atoms with Crippen LogP contribution < -0.4 is 14.4 Å². The largest absolute Gasteiger partial charge is 0.507 e. The van der Waals surface area contributed by atoms with Crippen molar-refractivity contribution in [3.8, 4) is 40.2 Å². The van der Waals surface area contributed by atoms with Crippen LogP contribution >= 0.6 is 0 Å². The van der Waals surface area contributed by atoms with Gasteiger partial charge in [0.2, 0.25) is 0 Å². The molecule has 3 aliphatic rings. The number of halogens is 1. The Morgan fingerprint density at radius 2 is 1.89 bits per heavy atom. The van der Waals surface area contributed by atoms with E-state index < -0.39 is 6.17 Å². The Bertz CT molecular complexity index is 1230. The molecule has 2 saturated carbocycles. The fourth-order valence-electron chi connectivity index (χ4n) is 5.57. The van der Waals surface area contributed by atoms with Crippen molar-refractivity contribution in [2.45, 2.75) is 44.3 Å². The van der Waals surface area contributed by atoms with Gasteiger partial charge in [-0.1, -0.05) is 18.9 Å². The number of alkyl halides is 1. The van der Waals surface area contributed by atoms with Crippen molar-refractivity contribution < 1.29 is 19.0 Å². The zero-order chi connectivity index (χ0) is 23.9. The van der Waals surface area contributed by atoms with E-state index in [1.54, 1.807) is 30.6 Å². The molecular formula is C25H27FN6O3. The number of fused-ring (bicyclic) bond motifs is 3. The maximum Gasteiger partial charge on any atom is 0.278 e. The van der Waals surface area contributed by atoms with Gasteiger partial charge in [-0.05, 0) is 43.2 Å². The number of phenolic OH excluding ortho intramolecular Hbond substituents is 1.